The van der Waals surface area contributed by atoms with Crippen molar-refractivity contribution in [2.24, 2.45) is 0 Å². The van der Waals surface area contributed by atoms with Gasteiger partial charge in [-0.3, -0.25) is 4.79 Å². The van der Waals surface area contributed by atoms with Gasteiger partial charge in [0.15, 0.2) is 0 Å². The summed E-state index contributed by atoms with van der Waals surface area (Å²) in [5.74, 6) is -1.47. The number of amides is 1. The summed E-state index contributed by atoms with van der Waals surface area (Å²) in [7, 11) is 0. The van der Waals surface area contributed by atoms with Crippen molar-refractivity contribution in [3.05, 3.63) is 52.4 Å². The zero-order chi connectivity index (χ0) is 17.7. The molecule has 0 saturated carbocycles. The Balaban J connectivity index is 2.16. The number of rotatable bonds is 6. The van der Waals surface area contributed by atoms with Crippen molar-refractivity contribution in [2.75, 3.05) is 0 Å². The number of nitrogens with one attached hydrogen (secondary N) is 1. The predicted molar refractivity (Wildman–Crippen MR) is 81.8 cm³/mol. The van der Waals surface area contributed by atoms with E-state index < -0.39 is 23.6 Å². The van der Waals surface area contributed by atoms with Crippen molar-refractivity contribution in [1.82, 2.24) is 10.5 Å². The van der Waals surface area contributed by atoms with E-state index in [0.717, 1.165) is 12.1 Å². The number of hydrogen-bond donors (Lipinski definition) is 1. The molecule has 0 aliphatic heterocycles. The van der Waals surface area contributed by atoms with Crippen LogP contribution in [-0.2, 0) is 24.1 Å². The van der Waals surface area contributed by atoms with Crippen molar-refractivity contribution in [2.45, 2.75) is 39.2 Å². The Morgan fingerprint density at radius 2 is 2.12 bits per heavy atom. The summed E-state index contributed by atoms with van der Waals surface area (Å²) < 4.78 is 31.9. The fourth-order valence-electron chi connectivity index (χ4n) is 2.43. The maximum atomic E-state index is 13.8. The van der Waals surface area contributed by atoms with Gasteiger partial charge in [0.2, 0.25) is 5.91 Å². The van der Waals surface area contributed by atoms with Gasteiger partial charge in [-0.15, -0.1) is 0 Å². The number of aryl methyl sites for hydroxylation is 2. The van der Waals surface area contributed by atoms with Gasteiger partial charge in [0.1, 0.15) is 23.4 Å². The smallest absolute Gasteiger partial charge is 0.225 e. The summed E-state index contributed by atoms with van der Waals surface area (Å²) in [6.45, 7) is 3.78. The van der Waals surface area contributed by atoms with Gasteiger partial charge in [0.25, 0.3) is 0 Å². The van der Waals surface area contributed by atoms with Gasteiger partial charge >= 0.3 is 0 Å². The van der Waals surface area contributed by atoms with E-state index in [9.17, 15) is 18.8 Å². The first-order valence-electron chi connectivity index (χ1n) is 7.60. The van der Waals surface area contributed by atoms with Gasteiger partial charge in [0, 0.05) is 23.6 Å². The van der Waals surface area contributed by atoms with Crippen LogP contribution in [0.2, 0.25) is 0 Å². The van der Waals surface area contributed by atoms with Crippen molar-refractivity contribution >= 4 is 5.91 Å². The second kappa shape index (κ2) is 7.68. The fourth-order valence-corrected chi connectivity index (χ4v) is 2.43. The maximum absolute atomic E-state index is 13.8. The molecule has 0 aliphatic carbocycles. The van der Waals surface area contributed by atoms with E-state index in [4.69, 9.17) is 4.52 Å². The molecule has 0 radical (unpaired) electrons. The van der Waals surface area contributed by atoms with Crippen molar-refractivity contribution in [3.8, 4) is 6.07 Å². The third-order valence-electron chi connectivity index (χ3n) is 3.65. The molecule has 0 bridgehead atoms. The maximum Gasteiger partial charge on any atom is 0.225 e. The van der Waals surface area contributed by atoms with E-state index in [0.29, 0.717) is 35.9 Å². The Bertz CT molecular complexity index is 759. The van der Waals surface area contributed by atoms with Crippen LogP contribution in [0.15, 0.2) is 22.7 Å². The van der Waals surface area contributed by atoms with Gasteiger partial charge in [0.05, 0.1) is 18.2 Å². The molecular formula is C17H17F2N3O2. The minimum atomic E-state index is -1.20. The molecule has 0 spiro atoms. The standard InChI is InChI=1S/C17H17F2N3O2/c1-3-14-12(16(4-2)24-22-14)8-17(23)21-15(9-20)11-6-5-10(18)7-13(11)19/h5-7,15H,3-4,8H2,1-2H3,(H,21,23)/t15-/m0/s1. The van der Waals surface area contributed by atoms with Gasteiger partial charge < -0.3 is 9.84 Å². The van der Waals surface area contributed by atoms with Crippen LogP contribution >= 0.6 is 0 Å². The second-order valence-electron chi connectivity index (χ2n) is 5.21. The molecule has 1 heterocycles. The van der Waals surface area contributed by atoms with Crippen molar-refractivity contribution in [3.63, 3.8) is 0 Å². The third kappa shape index (κ3) is 3.77. The lowest BCUT2D eigenvalue weighted by Crippen LogP contribution is -2.30. The van der Waals surface area contributed by atoms with Crippen LogP contribution in [0.1, 0.15) is 42.5 Å². The number of benzene rings is 1. The Morgan fingerprint density at radius 1 is 1.38 bits per heavy atom. The Hall–Kier alpha value is -2.75. The normalized spacial score (nSPS) is 11.8. The van der Waals surface area contributed by atoms with E-state index in [1.54, 1.807) is 0 Å². The molecule has 2 aromatic rings. The molecule has 2 rings (SSSR count). The summed E-state index contributed by atoms with van der Waals surface area (Å²) in [6, 6.07) is 3.48. The highest BCUT2D eigenvalue weighted by molar-refractivity contribution is 5.79. The Labute approximate surface area is 138 Å². The van der Waals surface area contributed by atoms with Crippen molar-refractivity contribution in [1.29, 1.82) is 5.26 Å². The minimum absolute atomic E-state index is 0.0170. The summed E-state index contributed by atoms with van der Waals surface area (Å²) in [5.41, 5.74) is 1.29. The lowest BCUT2D eigenvalue weighted by Gasteiger charge is -2.13. The molecule has 1 aromatic heterocycles. The highest BCUT2D eigenvalue weighted by Gasteiger charge is 2.21. The van der Waals surface area contributed by atoms with Gasteiger partial charge in [-0.1, -0.05) is 25.1 Å². The first kappa shape index (κ1) is 17.6. The largest absolute Gasteiger partial charge is 0.361 e. The average Bonchev–Trinajstić information content (AvgIpc) is 2.94. The molecule has 24 heavy (non-hydrogen) atoms. The fraction of sp³-hybridized carbons (Fsp3) is 0.353. The molecule has 0 unspecified atom stereocenters. The molecule has 5 nitrogen and oxygen atoms in total. The molecule has 0 aliphatic rings. The zero-order valence-electron chi connectivity index (χ0n) is 13.4. The average molecular weight is 333 g/mol. The van der Waals surface area contributed by atoms with Crippen LogP contribution in [-0.4, -0.2) is 11.1 Å². The number of hydrogen-bond acceptors (Lipinski definition) is 4. The molecule has 7 heteroatoms. The lowest BCUT2D eigenvalue weighted by atomic mass is 10.0. The first-order valence-corrected chi connectivity index (χ1v) is 7.60. The predicted octanol–water partition coefficient (Wildman–Crippen LogP) is 3.00. The summed E-state index contributed by atoms with van der Waals surface area (Å²) >= 11 is 0. The van der Waals surface area contributed by atoms with Crippen LogP contribution in [0.5, 0.6) is 0 Å². The number of carbonyl (C=O) groups excluding carboxylic acids is 1. The summed E-state index contributed by atoms with van der Waals surface area (Å²) in [6.07, 6.45) is 1.18. The molecule has 126 valence electrons. The van der Waals surface area contributed by atoms with Gasteiger partial charge in [-0.05, 0) is 12.5 Å². The summed E-state index contributed by atoms with van der Waals surface area (Å²) in [5, 5.41) is 15.6. The van der Waals surface area contributed by atoms with Crippen LogP contribution in [0.4, 0.5) is 8.78 Å². The SMILES string of the molecule is CCc1noc(CC)c1CC(=O)N[C@@H](C#N)c1ccc(F)cc1F. The van der Waals surface area contributed by atoms with Crippen molar-refractivity contribution < 1.29 is 18.1 Å². The highest BCUT2D eigenvalue weighted by atomic mass is 19.1. The van der Waals surface area contributed by atoms with E-state index in [1.165, 1.54) is 0 Å². The van der Waals surface area contributed by atoms with E-state index >= 15 is 0 Å². The zero-order valence-corrected chi connectivity index (χ0v) is 13.4. The number of carbonyl (C=O) groups is 1. The minimum Gasteiger partial charge on any atom is -0.361 e. The second-order valence-corrected chi connectivity index (χ2v) is 5.21. The topological polar surface area (TPSA) is 78.9 Å². The van der Waals surface area contributed by atoms with E-state index in [1.807, 2.05) is 19.9 Å². The van der Waals surface area contributed by atoms with Crippen LogP contribution in [0, 0.1) is 23.0 Å². The third-order valence-corrected chi connectivity index (χ3v) is 3.65. The van der Waals surface area contributed by atoms with E-state index in [2.05, 4.69) is 10.5 Å². The summed E-state index contributed by atoms with van der Waals surface area (Å²) in [4.78, 5) is 12.2. The number of halogens is 2. The Kier molecular flexibility index (Phi) is 5.64. The highest BCUT2D eigenvalue weighted by Crippen LogP contribution is 2.20. The van der Waals surface area contributed by atoms with E-state index in [-0.39, 0.29) is 12.0 Å². The molecule has 1 N–H and O–H groups in total. The number of nitrogens with zero attached hydrogens (tertiary/aromatic N) is 2. The first-order chi connectivity index (χ1) is 11.5. The van der Waals surface area contributed by atoms with Crippen LogP contribution < -0.4 is 5.32 Å². The lowest BCUT2D eigenvalue weighted by molar-refractivity contribution is -0.120. The molecule has 1 amide bonds. The van der Waals surface area contributed by atoms with Crippen LogP contribution in [0.3, 0.4) is 0 Å². The quantitative estimate of drug-likeness (QED) is 0.881. The molecule has 0 fully saturated rings. The molecular weight excluding hydrogens is 316 g/mol. The van der Waals surface area contributed by atoms with Gasteiger partial charge in [-0.2, -0.15) is 5.26 Å². The van der Waals surface area contributed by atoms with Crippen LogP contribution in [0.25, 0.3) is 0 Å². The number of aromatic nitrogens is 1. The molecule has 1 aromatic carbocycles. The molecule has 0 saturated heterocycles. The molecule has 1 atom stereocenters. The Morgan fingerprint density at radius 3 is 2.71 bits per heavy atom. The van der Waals surface area contributed by atoms with Gasteiger partial charge in [-0.25, -0.2) is 8.78 Å². The monoisotopic (exact) mass is 333 g/mol. The number of nitriles is 1.